The Labute approximate surface area is 456 Å². The van der Waals surface area contributed by atoms with E-state index in [-0.39, 0.29) is 118 Å². The van der Waals surface area contributed by atoms with Crippen molar-refractivity contribution in [2.45, 2.75) is 77.0 Å². The molecule has 2 aromatic rings. The number of carbonyl (C=O) groups excluding carboxylic acids is 10. The fraction of sp³-hybridized carbons (Fsp3) is 0.474. The second kappa shape index (κ2) is 32.4. The number of ketones is 1. The molecule has 426 valence electrons. The van der Waals surface area contributed by atoms with Gasteiger partial charge in [-0.2, -0.15) is 0 Å². The SMILES string of the molecule is C=COCCOC(=O)c1cc(OC(=O)C2CCC(C(=O)Oc3ccc(OC(=O)C4CCC(C(=O)OCCOC(=O)C=C)CC4)c(C(=O)OCCOC=C)c3)CC2)ccc1OCC(=O)C1CCC(C(=O)OCCOC(=O)C=C)CC1. The smallest absolute Gasteiger partial charge is 0.342 e. The average molecular weight is 1100 g/mol. The van der Waals surface area contributed by atoms with E-state index in [0.717, 1.165) is 12.2 Å². The number of ether oxygens (including phenoxy) is 12. The lowest BCUT2D eigenvalue weighted by atomic mass is 9.80. The number of hydrogen-bond acceptors (Lipinski definition) is 22. The summed E-state index contributed by atoms with van der Waals surface area (Å²) in [5.74, 6) is -9.43. The number of benzene rings is 2. The predicted octanol–water partition coefficient (Wildman–Crippen LogP) is 6.65. The zero-order valence-electron chi connectivity index (χ0n) is 43.9. The number of rotatable bonds is 30. The van der Waals surface area contributed by atoms with Gasteiger partial charge >= 0.3 is 53.7 Å². The van der Waals surface area contributed by atoms with E-state index in [9.17, 15) is 47.9 Å². The van der Waals surface area contributed by atoms with Gasteiger partial charge in [-0.1, -0.05) is 26.3 Å². The molecule has 22 heteroatoms. The quantitative estimate of drug-likeness (QED) is 0.0198. The summed E-state index contributed by atoms with van der Waals surface area (Å²) in [4.78, 5) is 128. The van der Waals surface area contributed by atoms with Crippen LogP contribution in [0.25, 0.3) is 0 Å². The van der Waals surface area contributed by atoms with E-state index >= 15 is 0 Å². The summed E-state index contributed by atoms with van der Waals surface area (Å²) in [5, 5.41) is 0. The molecule has 3 aliphatic rings. The van der Waals surface area contributed by atoms with Gasteiger partial charge in [0.1, 0.15) is 93.6 Å². The highest BCUT2D eigenvalue weighted by molar-refractivity contribution is 5.95. The molecule has 0 spiro atoms. The van der Waals surface area contributed by atoms with Crippen molar-refractivity contribution in [2.75, 3.05) is 59.5 Å². The number of esters is 9. The summed E-state index contributed by atoms with van der Waals surface area (Å²) in [6.07, 6.45) is 8.20. The van der Waals surface area contributed by atoms with Gasteiger partial charge in [0.15, 0.2) is 5.78 Å². The van der Waals surface area contributed by atoms with E-state index in [0.29, 0.717) is 51.4 Å². The molecule has 0 atom stereocenters. The van der Waals surface area contributed by atoms with Crippen LogP contribution in [0.5, 0.6) is 23.0 Å². The van der Waals surface area contributed by atoms with E-state index in [4.69, 9.17) is 56.8 Å². The van der Waals surface area contributed by atoms with Crippen LogP contribution in [0.15, 0.2) is 87.4 Å². The molecule has 5 rings (SSSR count). The van der Waals surface area contributed by atoms with Crippen molar-refractivity contribution >= 4 is 59.5 Å². The Morgan fingerprint density at radius 3 is 1.14 bits per heavy atom. The Morgan fingerprint density at radius 2 is 0.734 bits per heavy atom. The molecule has 0 aliphatic heterocycles. The van der Waals surface area contributed by atoms with Gasteiger partial charge in [0.2, 0.25) is 0 Å². The molecular weight excluding hydrogens is 1040 g/mol. The van der Waals surface area contributed by atoms with Gasteiger partial charge in [-0.25, -0.2) is 19.2 Å². The highest BCUT2D eigenvalue weighted by Gasteiger charge is 2.36. The molecule has 79 heavy (non-hydrogen) atoms. The lowest BCUT2D eigenvalue weighted by Gasteiger charge is -2.26. The van der Waals surface area contributed by atoms with Crippen LogP contribution >= 0.6 is 0 Å². The Morgan fingerprint density at radius 1 is 0.392 bits per heavy atom. The zero-order valence-corrected chi connectivity index (χ0v) is 43.9. The Balaban J connectivity index is 1.13. The third-order valence-corrected chi connectivity index (χ3v) is 13.2. The monoisotopic (exact) mass is 1100 g/mol. The van der Waals surface area contributed by atoms with Gasteiger partial charge in [0, 0.05) is 18.1 Å². The normalized spacial score (nSPS) is 19.4. The second-order valence-electron chi connectivity index (χ2n) is 18.4. The van der Waals surface area contributed by atoms with Crippen LogP contribution in [-0.4, -0.2) is 119 Å². The molecule has 22 nitrogen and oxygen atoms in total. The highest BCUT2D eigenvalue weighted by atomic mass is 16.6. The third-order valence-electron chi connectivity index (χ3n) is 13.2. The lowest BCUT2D eigenvalue weighted by Crippen LogP contribution is -2.30. The fourth-order valence-corrected chi connectivity index (χ4v) is 8.93. The molecule has 3 fully saturated rings. The van der Waals surface area contributed by atoms with E-state index in [1.54, 1.807) is 0 Å². The Bertz CT molecular complexity index is 2520. The fourth-order valence-electron chi connectivity index (χ4n) is 8.93. The van der Waals surface area contributed by atoms with Crippen LogP contribution in [0.2, 0.25) is 0 Å². The van der Waals surface area contributed by atoms with Gasteiger partial charge in [0.05, 0.1) is 42.1 Å². The minimum Gasteiger partial charge on any atom is -0.498 e. The summed E-state index contributed by atoms with van der Waals surface area (Å²) >= 11 is 0. The van der Waals surface area contributed by atoms with E-state index < -0.39 is 95.8 Å². The molecule has 3 aliphatic carbocycles. The maximum atomic E-state index is 13.5. The lowest BCUT2D eigenvalue weighted by molar-refractivity contribution is -0.155. The Kier molecular flexibility index (Phi) is 25.3. The molecule has 0 bridgehead atoms. The van der Waals surface area contributed by atoms with Crippen LogP contribution < -0.4 is 18.9 Å². The van der Waals surface area contributed by atoms with Gasteiger partial charge < -0.3 is 56.8 Å². The first kappa shape index (κ1) is 61.6. The molecule has 0 N–H and O–H groups in total. The minimum atomic E-state index is -0.894. The van der Waals surface area contributed by atoms with Gasteiger partial charge in [-0.3, -0.25) is 28.8 Å². The minimum absolute atomic E-state index is 0.00523. The average Bonchev–Trinajstić information content (AvgIpc) is 3.47. The van der Waals surface area contributed by atoms with E-state index in [2.05, 4.69) is 26.3 Å². The van der Waals surface area contributed by atoms with Crippen molar-refractivity contribution in [3.8, 4) is 23.0 Å². The van der Waals surface area contributed by atoms with Crippen molar-refractivity contribution in [1.29, 1.82) is 0 Å². The molecule has 0 radical (unpaired) electrons. The topological polar surface area (TPSA) is 281 Å². The van der Waals surface area contributed by atoms with Crippen LogP contribution in [0.4, 0.5) is 0 Å². The number of hydrogen-bond donors (Lipinski definition) is 0. The molecular formula is C57H66O22. The second-order valence-corrected chi connectivity index (χ2v) is 18.4. The first-order valence-electron chi connectivity index (χ1n) is 25.9. The number of carbonyl (C=O) groups is 10. The van der Waals surface area contributed by atoms with Crippen molar-refractivity contribution in [1.82, 2.24) is 0 Å². The summed E-state index contributed by atoms with van der Waals surface area (Å²) in [7, 11) is 0. The van der Waals surface area contributed by atoms with Crippen LogP contribution in [-0.2, 0) is 76.3 Å². The van der Waals surface area contributed by atoms with Gasteiger partial charge in [-0.15, -0.1) is 0 Å². The summed E-state index contributed by atoms with van der Waals surface area (Å²) < 4.78 is 63.7. The maximum absolute atomic E-state index is 13.5. The van der Waals surface area contributed by atoms with Crippen molar-refractivity contribution < 1.29 is 105 Å². The molecule has 2 aromatic carbocycles. The van der Waals surface area contributed by atoms with Crippen molar-refractivity contribution in [2.24, 2.45) is 35.5 Å². The van der Waals surface area contributed by atoms with E-state index in [1.807, 2.05) is 0 Å². The van der Waals surface area contributed by atoms with Gasteiger partial charge in [0.25, 0.3) is 0 Å². The molecule has 0 aromatic heterocycles. The van der Waals surface area contributed by atoms with Crippen LogP contribution in [0.3, 0.4) is 0 Å². The summed E-state index contributed by atoms with van der Waals surface area (Å²) in [6, 6.07) is 7.94. The molecule has 0 heterocycles. The van der Waals surface area contributed by atoms with E-state index in [1.165, 1.54) is 48.9 Å². The standard InChI is InChI=1S/C57H66O22/c1-5-49(59)70-29-31-72-51(61)37-11-9-36(10-12-37)46(58)35-76-47-23-21-42(33-44(47)56(66)74-27-25-68-7-3)77-53(63)39-17-19-40(20-18-39)54(64)78-43-22-24-48(45(34-43)57(67)75-28-26-69-8-4)79-55(65)41-15-13-38(14-16-41)52(62)73-32-30-71-50(60)6-2/h5-8,21-24,33-34,36-41H,1-4,9-20,25-32,35H2. The molecule has 0 saturated heterocycles. The molecule has 3 saturated carbocycles. The van der Waals surface area contributed by atoms with Crippen molar-refractivity contribution in [3.05, 3.63) is 98.5 Å². The maximum Gasteiger partial charge on any atom is 0.342 e. The van der Waals surface area contributed by atoms with Crippen LogP contribution in [0, 0.1) is 35.5 Å². The van der Waals surface area contributed by atoms with Crippen LogP contribution in [0.1, 0.15) is 97.8 Å². The molecule has 0 amide bonds. The Hall–Kier alpha value is -8.30. The zero-order chi connectivity index (χ0) is 57.1. The molecule has 0 unspecified atom stereocenters. The largest absolute Gasteiger partial charge is 0.498 e. The predicted molar refractivity (Wildman–Crippen MR) is 274 cm³/mol. The summed E-state index contributed by atoms with van der Waals surface area (Å²) in [5.41, 5.74) is -0.328. The first-order valence-corrected chi connectivity index (χ1v) is 25.9. The van der Waals surface area contributed by atoms with Crippen molar-refractivity contribution in [3.63, 3.8) is 0 Å². The highest BCUT2D eigenvalue weighted by Crippen LogP contribution is 2.36. The first-order chi connectivity index (χ1) is 38.1. The van der Waals surface area contributed by atoms with Gasteiger partial charge in [-0.05, 0) is 113 Å². The summed E-state index contributed by atoms with van der Waals surface area (Å²) in [6.45, 7) is 12.3. The third kappa shape index (κ3) is 19.9. The number of Topliss-reactive ketones (excluding diaryl/α,β-unsaturated/α-hetero) is 1.